The second-order valence-electron chi connectivity index (χ2n) is 4.79. The van der Waals surface area contributed by atoms with Crippen molar-refractivity contribution in [3.63, 3.8) is 0 Å². The first-order valence-electron chi connectivity index (χ1n) is 6.29. The van der Waals surface area contributed by atoms with E-state index in [0.717, 1.165) is 5.56 Å². The van der Waals surface area contributed by atoms with Crippen LogP contribution in [0.5, 0.6) is 0 Å². The number of hydrogen-bond donors (Lipinski definition) is 1. The Kier molecular flexibility index (Phi) is 4.04. The predicted octanol–water partition coefficient (Wildman–Crippen LogP) is 1.37. The molecule has 0 bridgehead atoms. The van der Waals surface area contributed by atoms with Gasteiger partial charge < -0.3 is 5.32 Å². The smallest absolute Gasteiger partial charge is 0.216 e. The molecule has 1 saturated heterocycles. The Morgan fingerprint density at radius 1 is 1.33 bits per heavy atom. The normalized spacial score (nSPS) is 26.4. The van der Waals surface area contributed by atoms with Gasteiger partial charge in [0.15, 0.2) is 0 Å². The predicted molar refractivity (Wildman–Crippen MR) is 72.8 cm³/mol. The summed E-state index contributed by atoms with van der Waals surface area (Å²) in [5.74, 6) is 0.175. The molecule has 2 rings (SSSR count). The highest BCUT2D eigenvalue weighted by atomic mass is 32.2. The molecule has 0 amide bonds. The largest absolute Gasteiger partial charge is 0.314 e. The SMILES string of the molecule is CC1CNCCS(=O)(=O)N1C(C)c1ccccc1. The molecule has 1 aliphatic heterocycles. The maximum Gasteiger partial charge on any atom is 0.216 e. The van der Waals surface area contributed by atoms with Crippen LogP contribution in [-0.2, 0) is 10.0 Å². The van der Waals surface area contributed by atoms with Crippen molar-refractivity contribution < 1.29 is 8.42 Å². The molecule has 5 heteroatoms. The Morgan fingerprint density at radius 3 is 2.67 bits per heavy atom. The molecular weight excluding hydrogens is 248 g/mol. The van der Waals surface area contributed by atoms with Gasteiger partial charge in [-0.25, -0.2) is 8.42 Å². The van der Waals surface area contributed by atoms with Gasteiger partial charge >= 0.3 is 0 Å². The number of sulfonamides is 1. The first-order chi connectivity index (χ1) is 8.52. The molecule has 1 N–H and O–H groups in total. The maximum atomic E-state index is 12.3. The lowest BCUT2D eigenvalue weighted by Crippen LogP contribution is -2.42. The molecule has 0 saturated carbocycles. The molecular formula is C13H20N2O2S. The standard InChI is InChI=1S/C13H20N2O2S/c1-11-10-14-8-9-18(16,17)15(11)12(2)13-6-4-3-5-7-13/h3-7,11-12,14H,8-10H2,1-2H3. The molecule has 2 unspecified atom stereocenters. The zero-order valence-electron chi connectivity index (χ0n) is 10.8. The summed E-state index contributed by atoms with van der Waals surface area (Å²) in [6.07, 6.45) is 0. The highest BCUT2D eigenvalue weighted by molar-refractivity contribution is 7.89. The van der Waals surface area contributed by atoms with Gasteiger partial charge in [-0.05, 0) is 19.4 Å². The van der Waals surface area contributed by atoms with Crippen LogP contribution in [0.4, 0.5) is 0 Å². The number of nitrogens with zero attached hydrogens (tertiary/aromatic N) is 1. The van der Waals surface area contributed by atoms with Crippen molar-refractivity contribution in [1.82, 2.24) is 9.62 Å². The summed E-state index contributed by atoms with van der Waals surface area (Å²) < 4.78 is 26.3. The summed E-state index contributed by atoms with van der Waals surface area (Å²) in [4.78, 5) is 0. The first-order valence-corrected chi connectivity index (χ1v) is 7.90. The van der Waals surface area contributed by atoms with E-state index in [4.69, 9.17) is 0 Å². The summed E-state index contributed by atoms with van der Waals surface area (Å²) in [6, 6.07) is 9.64. The molecule has 2 atom stereocenters. The Morgan fingerprint density at radius 2 is 2.00 bits per heavy atom. The Hall–Kier alpha value is -0.910. The first kappa shape index (κ1) is 13.5. The van der Waals surface area contributed by atoms with Gasteiger partial charge in [0.1, 0.15) is 0 Å². The molecule has 0 aromatic heterocycles. The molecule has 0 spiro atoms. The third kappa shape index (κ3) is 2.74. The fourth-order valence-corrected chi connectivity index (χ4v) is 4.32. The lowest BCUT2D eigenvalue weighted by atomic mass is 10.1. The lowest BCUT2D eigenvalue weighted by molar-refractivity contribution is 0.279. The zero-order valence-corrected chi connectivity index (χ0v) is 11.7. The molecule has 100 valence electrons. The van der Waals surface area contributed by atoms with Crippen LogP contribution < -0.4 is 5.32 Å². The number of hydrogen-bond acceptors (Lipinski definition) is 3. The van der Waals surface area contributed by atoms with Crippen molar-refractivity contribution in [2.24, 2.45) is 0 Å². The molecule has 1 heterocycles. The average Bonchev–Trinajstić information content (AvgIpc) is 2.48. The van der Waals surface area contributed by atoms with Crippen molar-refractivity contribution >= 4 is 10.0 Å². The summed E-state index contributed by atoms with van der Waals surface area (Å²) in [6.45, 7) is 5.14. The number of benzene rings is 1. The molecule has 1 aromatic carbocycles. The van der Waals surface area contributed by atoms with Crippen molar-refractivity contribution in [1.29, 1.82) is 0 Å². The van der Waals surface area contributed by atoms with Gasteiger partial charge in [-0.15, -0.1) is 0 Å². The van der Waals surface area contributed by atoms with Crippen molar-refractivity contribution in [3.05, 3.63) is 35.9 Å². The van der Waals surface area contributed by atoms with Crippen LogP contribution >= 0.6 is 0 Å². The topological polar surface area (TPSA) is 49.4 Å². The number of nitrogens with one attached hydrogen (secondary N) is 1. The Balaban J connectivity index is 2.34. The second-order valence-corrected chi connectivity index (χ2v) is 6.78. The van der Waals surface area contributed by atoms with E-state index in [0.29, 0.717) is 13.1 Å². The van der Waals surface area contributed by atoms with Gasteiger partial charge in [0.05, 0.1) is 5.75 Å². The molecule has 0 aliphatic carbocycles. The maximum absolute atomic E-state index is 12.3. The molecule has 1 aromatic rings. The van der Waals surface area contributed by atoms with Gasteiger partial charge in [0.25, 0.3) is 0 Å². The molecule has 0 radical (unpaired) electrons. The van der Waals surface area contributed by atoms with Gasteiger partial charge in [0.2, 0.25) is 10.0 Å². The van der Waals surface area contributed by atoms with Gasteiger partial charge in [-0.3, -0.25) is 0 Å². The molecule has 4 nitrogen and oxygen atoms in total. The van der Waals surface area contributed by atoms with Crippen LogP contribution in [0.15, 0.2) is 30.3 Å². The van der Waals surface area contributed by atoms with E-state index in [2.05, 4.69) is 5.32 Å². The zero-order chi connectivity index (χ0) is 13.2. The lowest BCUT2D eigenvalue weighted by Gasteiger charge is -2.31. The van der Waals surface area contributed by atoms with Gasteiger partial charge in [-0.2, -0.15) is 4.31 Å². The van der Waals surface area contributed by atoms with Crippen LogP contribution in [0.1, 0.15) is 25.5 Å². The molecule has 1 aliphatic rings. The van der Waals surface area contributed by atoms with Crippen LogP contribution in [0.3, 0.4) is 0 Å². The average molecular weight is 268 g/mol. The fourth-order valence-electron chi connectivity index (χ4n) is 2.48. The third-order valence-corrected chi connectivity index (χ3v) is 5.43. The summed E-state index contributed by atoms with van der Waals surface area (Å²) in [5, 5.41) is 3.17. The van der Waals surface area contributed by atoms with E-state index in [-0.39, 0.29) is 17.8 Å². The minimum atomic E-state index is -3.19. The summed E-state index contributed by atoms with van der Waals surface area (Å²) in [7, 11) is -3.19. The van der Waals surface area contributed by atoms with Crippen LogP contribution in [0.25, 0.3) is 0 Å². The molecule has 18 heavy (non-hydrogen) atoms. The summed E-state index contributed by atoms with van der Waals surface area (Å²) >= 11 is 0. The van der Waals surface area contributed by atoms with E-state index < -0.39 is 10.0 Å². The van der Waals surface area contributed by atoms with E-state index in [9.17, 15) is 8.42 Å². The fraction of sp³-hybridized carbons (Fsp3) is 0.538. The second kappa shape index (κ2) is 5.38. The van der Waals surface area contributed by atoms with E-state index in [1.807, 2.05) is 44.2 Å². The summed E-state index contributed by atoms with van der Waals surface area (Å²) in [5.41, 5.74) is 1.04. The van der Waals surface area contributed by atoms with E-state index >= 15 is 0 Å². The minimum absolute atomic E-state index is 0.0206. The van der Waals surface area contributed by atoms with Gasteiger partial charge in [0, 0.05) is 25.2 Å². The van der Waals surface area contributed by atoms with Crippen molar-refractivity contribution in [3.8, 4) is 0 Å². The third-order valence-electron chi connectivity index (χ3n) is 3.40. The Bertz CT molecular complexity index is 487. The molecule has 1 fully saturated rings. The van der Waals surface area contributed by atoms with Crippen LogP contribution in [0, 0.1) is 0 Å². The highest BCUT2D eigenvalue weighted by Gasteiger charge is 2.33. The Labute approximate surface area is 109 Å². The quantitative estimate of drug-likeness (QED) is 0.881. The van der Waals surface area contributed by atoms with Crippen LogP contribution in [-0.4, -0.2) is 37.6 Å². The van der Waals surface area contributed by atoms with E-state index in [1.165, 1.54) is 0 Å². The minimum Gasteiger partial charge on any atom is -0.314 e. The highest BCUT2D eigenvalue weighted by Crippen LogP contribution is 2.26. The number of rotatable bonds is 2. The van der Waals surface area contributed by atoms with Crippen molar-refractivity contribution in [2.45, 2.75) is 25.9 Å². The van der Waals surface area contributed by atoms with Crippen molar-refractivity contribution in [2.75, 3.05) is 18.8 Å². The van der Waals surface area contributed by atoms with Crippen LogP contribution in [0.2, 0.25) is 0 Å². The monoisotopic (exact) mass is 268 g/mol. The van der Waals surface area contributed by atoms with Gasteiger partial charge in [-0.1, -0.05) is 30.3 Å². The van der Waals surface area contributed by atoms with E-state index in [1.54, 1.807) is 4.31 Å².